The predicted octanol–water partition coefficient (Wildman–Crippen LogP) is 2.53. The van der Waals surface area contributed by atoms with Crippen LogP contribution in [-0.2, 0) is 6.54 Å². The first-order valence-corrected chi connectivity index (χ1v) is 5.69. The fourth-order valence-corrected chi connectivity index (χ4v) is 1.61. The summed E-state index contributed by atoms with van der Waals surface area (Å²) in [6.45, 7) is 3.55. The molecular formula is C12H18N2O3. The number of non-ortho nitro benzene ring substituents is 1. The summed E-state index contributed by atoms with van der Waals surface area (Å²) in [5, 5.41) is 20.3. The van der Waals surface area contributed by atoms with Gasteiger partial charge in [-0.05, 0) is 26.1 Å². The molecule has 0 fully saturated rings. The molecule has 0 heterocycles. The van der Waals surface area contributed by atoms with Crippen LogP contribution in [0.4, 0.5) is 5.69 Å². The van der Waals surface area contributed by atoms with E-state index in [1.807, 2.05) is 11.9 Å². The van der Waals surface area contributed by atoms with Gasteiger partial charge in [0.15, 0.2) is 0 Å². The second-order valence-corrected chi connectivity index (χ2v) is 4.16. The number of nitro benzene ring substituents is 1. The molecule has 1 aromatic rings. The molecule has 0 radical (unpaired) electrons. The van der Waals surface area contributed by atoms with Gasteiger partial charge in [0.2, 0.25) is 0 Å². The van der Waals surface area contributed by atoms with Gasteiger partial charge in [0.05, 0.1) is 4.92 Å². The molecule has 94 valence electrons. The number of hydrogen-bond acceptors (Lipinski definition) is 4. The van der Waals surface area contributed by atoms with Crippen molar-refractivity contribution in [2.75, 3.05) is 13.6 Å². The van der Waals surface area contributed by atoms with Gasteiger partial charge in [-0.1, -0.05) is 13.3 Å². The second-order valence-electron chi connectivity index (χ2n) is 4.16. The van der Waals surface area contributed by atoms with Crippen LogP contribution in [0.2, 0.25) is 0 Å². The Labute approximate surface area is 101 Å². The first-order valence-electron chi connectivity index (χ1n) is 5.69. The molecule has 0 bridgehead atoms. The standard InChI is InChI=1S/C12H18N2O3/c1-3-4-7-13(2)9-10-8-11(14(16)17)5-6-12(10)15/h5-6,8,15H,3-4,7,9H2,1-2H3. The van der Waals surface area contributed by atoms with Crippen LogP contribution in [0.25, 0.3) is 0 Å². The predicted molar refractivity (Wildman–Crippen MR) is 66.0 cm³/mol. The molecule has 0 saturated heterocycles. The monoisotopic (exact) mass is 238 g/mol. The van der Waals surface area contributed by atoms with E-state index in [4.69, 9.17) is 0 Å². The Hall–Kier alpha value is -1.62. The minimum Gasteiger partial charge on any atom is -0.508 e. The summed E-state index contributed by atoms with van der Waals surface area (Å²) in [7, 11) is 1.94. The minimum absolute atomic E-state index is 0.0155. The fourth-order valence-electron chi connectivity index (χ4n) is 1.61. The van der Waals surface area contributed by atoms with Gasteiger partial charge >= 0.3 is 0 Å². The number of aromatic hydroxyl groups is 1. The van der Waals surface area contributed by atoms with Crippen molar-refractivity contribution in [3.8, 4) is 5.75 Å². The maximum atomic E-state index is 10.6. The maximum absolute atomic E-state index is 10.6. The Kier molecular flexibility index (Phi) is 4.90. The topological polar surface area (TPSA) is 66.6 Å². The average molecular weight is 238 g/mol. The summed E-state index contributed by atoms with van der Waals surface area (Å²) in [6, 6.07) is 4.11. The summed E-state index contributed by atoms with van der Waals surface area (Å²) < 4.78 is 0. The fraction of sp³-hybridized carbons (Fsp3) is 0.500. The van der Waals surface area contributed by atoms with E-state index in [1.54, 1.807) is 0 Å². The van der Waals surface area contributed by atoms with Crippen molar-refractivity contribution in [1.29, 1.82) is 0 Å². The molecule has 0 saturated carbocycles. The summed E-state index contributed by atoms with van der Waals surface area (Å²) >= 11 is 0. The lowest BCUT2D eigenvalue weighted by Gasteiger charge is -2.16. The Balaban J connectivity index is 2.75. The summed E-state index contributed by atoms with van der Waals surface area (Å²) in [5.41, 5.74) is 0.611. The number of phenols is 1. The van der Waals surface area contributed by atoms with E-state index in [2.05, 4.69) is 6.92 Å². The van der Waals surface area contributed by atoms with Crippen molar-refractivity contribution in [2.24, 2.45) is 0 Å². The molecule has 0 aliphatic heterocycles. The van der Waals surface area contributed by atoms with Crippen molar-refractivity contribution < 1.29 is 10.0 Å². The van der Waals surface area contributed by atoms with Crippen LogP contribution in [0.1, 0.15) is 25.3 Å². The molecular weight excluding hydrogens is 220 g/mol. The van der Waals surface area contributed by atoms with E-state index in [0.717, 1.165) is 19.4 Å². The van der Waals surface area contributed by atoms with Gasteiger partial charge in [-0.2, -0.15) is 0 Å². The van der Waals surface area contributed by atoms with Crippen LogP contribution in [0.15, 0.2) is 18.2 Å². The molecule has 0 atom stereocenters. The zero-order valence-corrected chi connectivity index (χ0v) is 10.2. The molecule has 5 heteroatoms. The van der Waals surface area contributed by atoms with E-state index in [9.17, 15) is 15.2 Å². The van der Waals surface area contributed by atoms with Crippen molar-refractivity contribution >= 4 is 5.69 Å². The van der Waals surface area contributed by atoms with Crippen LogP contribution < -0.4 is 0 Å². The molecule has 1 aromatic carbocycles. The number of unbranched alkanes of at least 4 members (excludes halogenated alkanes) is 1. The van der Waals surface area contributed by atoms with E-state index in [-0.39, 0.29) is 11.4 Å². The largest absolute Gasteiger partial charge is 0.508 e. The molecule has 0 aromatic heterocycles. The van der Waals surface area contributed by atoms with Crippen LogP contribution >= 0.6 is 0 Å². The Morgan fingerprint density at radius 2 is 2.18 bits per heavy atom. The van der Waals surface area contributed by atoms with Gasteiger partial charge in [-0.25, -0.2) is 0 Å². The normalized spacial score (nSPS) is 10.8. The number of nitro groups is 1. The van der Waals surface area contributed by atoms with Crippen LogP contribution in [0.3, 0.4) is 0 Å². The quantitative estimate of drug-likeness (QED) is 0.611. The second kappa shape index (κ2) is 6.20. The molecule has 0 unspecified atom stereocenters. The maximum Gasteiger partial charge on any atom is 0.270 e. The lowest BCUT2D eigenvalue weighted by atomic mass is 10.1. The van der Waals surface area contributed by atoms with Crippen molar-refractivity contribution in [2.45, 2.75) is 26.3 Å². The molecule has 0 amide bonds. The Bertz CT molecular complexity index is 393. The number of nitrogens with zero attached hydrogens (tertiary/aromatic N) is 2. The number of benzene rings is 1. The molecule has 0 spiro atoms. The van der Waals surface area contributed by atoms with E-state index >= 15 is 0 Å². The number of phenolic OH excluding ortho intramolecular Hbond substituents is 1. The highest BCUT2D eigenvalue weighted by Gasteiger charge is 2.11. The van der Waals surface area contributed by atoms with E-state index < -0.39 is 4.92 Å². The van der Waals surface area contributed by atoms with Crippen LogP contribution in [0, 0.1) is 10.1 Å². The average Bonchev–Trinajstić information content (AvgIpc) is 2.29. The molecule has 1 N–H and O–H groups in total. The first kappa shape index (κ1) is 13.4. The highest BCUT2D eigenvalue weighted by atomic mass is 16.6. The van der Waals surface area contributed by atoms with Crippen LogP contribution in [0.5, 0.6) is 5.75 Å². The van der Waals surface area contributed by atoms with Gasteiger partial charge in [-0.3, -0.25) is 10.1 Å². The summed E-state index contributed by atoms with van der Waals surface area (Å²) in [6.07, 6.45) is 2.18. The summed E-state index contributed by atoms with van der Waals surface area (Å²) in [5.74, 6) is 0.110. The highest BCUT2D eigenvalue weighted by molar-refractivity contribution is 5.42. The lowest BCUT2D eigenvalue weighted by Crippen LogP contribution is -2.19. The Morgan fingerprint density at radius 1 is 1.47 bits per heavy atom. The van der Waals surface area contributed by atoms with Gasteiger partial charge in [0.25, 0.3) is 5.69 Å². The lowest BCUT2D eigenvalue weighted by molar-refractivity contribution is -0.385. The zero-order chi connectivity index (χ0) is 12.8. The van der Waals surface area contributed by atoms with Crippen molar-refractivity contribution in [3.05, 3.63) is 33.9 Å². The molecule has 5 nitrogen and oxygen atoms in total. The first-order chi connectivity index (χ1) is 8.04. The zero-order valence-electron chi connectivity index (χ0n) is 10.2. The number of hydrogen-bond donors (Lipinski definition) is 1. The highest BCUT2D eigenvalue weighted by Crippen LogP contribution is 2.23. The van der Waals surface area contributed by atoms with Gasteiger partial charge in [0.1, 0.15) is 5.75 Å². The molecule has 17 heavy (non-hydrogen) atoms. The van der Waals surface area contributed by atoms with E-state index in [1.165, 1.54) is 18.2 Å². The minimum atomic E-state index is -0.449. The summed E-state index contributed by atoms with van der Waals surface area (Å²) in [4.78, 5) is 12.2. The van der Waals surface area contributed by atoms with Gasteiger partial charge in [-0.15, -0.1) is 0 Å². The Morgan fingerprint density at radius 3 is 2.76 bits per heavy atom. The molecule has 0 aliphatic rings. The van der Waals surface area contributed by atoms with Gasteiger partial charge < -0.3 is 10.0 Å². The molecule has 1 rings (SSSR count). The SMILES string of the molecule is CCCCN(C)Cc1cc([N+](=O)[O-])ccc1O. The molecule has 0 aliphatic carbocycles. The van der Waals surface area contributed by atoms with Gasteiger partial charge in [0, 0.05) is 24.2 Å². The van der Waals surface area contributed by atoms with E-state index in [0.29, 0.717) is 12.1 Å². The third-order valence-corrected chi connectivity index (χ3v) is 2.61. The third kappa shape index (κ3) is 4.03. The van der Waals surface area contributed by atoms with Crippen molar-refractivity contribution in [1.82, 2.24) is 4.90 Å². The third-order valence-electron chi connectivity index (χ3n) is 2.61. The number of rotatable bonds is 6. The smallest absolute Gasteiger partial charge is 0.270 e. The van der Waals surface area contributed by atoms with Crippen LogP contribution in [-0.4, -0.2) is 28.5 Å². The van der Waals surface area contributed by atoms with Crippen molar-refractivity contribution in [3.63, 3.8) is 0 Å².